The van der Waals surface area contributed by atoms with Crippen molar-refractivity contribution in [2.45, 2.75) is 52.7 Å². The zero-order chi connectivity index (χ0) is 22.9. The van der Waals surface area contributed by atoms with Crippen LogP contribution in [0.1, 0.15) is 57.4 Å². The average Bonchev–Trinajstić information content (AvgIpc) is 3.39. The zero-order valence-electron chi connectivity index (χ0n) is 19.1. The number of hydrogen-bond donors (Lipinski definition) is 1. The lowest BCUT2D eigenvalue weighted by atomic mass is 10.1. The SMILES string of the molecule is CC(C)(C)OC(=O)n1c(CNC(=O)C2(C)CC2)cc2ccc(/C=C/c3ccccc3)cc21. The Labute approximate surface area is 189 Å². The van der Waals surface area contributed by atoms with Gasteiger partial charge < -0.3 is 10.1 Å². The Kier molecular flexibility index (Phi) is 5.68. The topological polar surface area (TPSA) is 60.3 Å². The van der Waals surface area contributed by atoms with Gasteiger partial charge in [-0.25, -0.2) is 9.36 Å². The number of carbonyl (C=O) groups is 2. The molecule has 0 bridgehead atoms. The monoisotopic (exact) mass is 430 g/mol. The van der Waals surface area contributed by atoms with Crippen LogP contribution < -0.4 is 5.32 Å². The van der Waals surface area contributed by atoms with E-state index in [4.69, 9.17) is 4.74 Å². The lowest BCUT2D eigenvalue weighted by Gasteiger charge is -2.21. The summed E-state index contributed by atoms with van der Waals surface area (Å²) in [6.07, 6.45) is 5.44. The number of carbonyl (C=O) groups excluding carboxylic acids is 2. The van der Waals surface area contributed by atoms with Crippen LogP contribution in [0.5, 0.6) is 0 Å². The van der Waals surface area contributed by atoms with Crippen molar-refractivity contribution >= 4 is 35.1 Å². The zero-order valence-corrected chi connectivity index (χ0v) is 19.1. The second-order valence-electron chi connectivity index (χ2n) is 9.76. The summed E-state index contributed by atoms with van der Waals surface area (Å²) in [7, 11) is 0. The van der Waals surface area contributed by atoms with E-state index in [0.29, 0.717) is 5.69 Å². The molecule has 5 heteroatoms. The Morgan fingerprint density at radius 2 is 1.72 bits per heavy atom. The van der Waals surface area contributed by atoms with Gasteiger partial charge in [0.15, 0.2) is 0 Å². The fourth-order valence-electron chi connectivity index (χ4n) is 3.59. The van der Waals surface area contributed by atoms with Gasteiger partial charge in [0.2, 0.25) is 5.91 Å². The van der Waals surface area contributed by atoms with Gasteiger partial charge in [-0.2, -0.15) is 0 Å². The minimum absolute atomic E-state index is 0.0324. The smallest absolute Gasteiger partial charge is 0.419 e. The first kappa shape index (κ1) is 21.9. The fourth-order valence-corrected chi connectivity index (χ4v) is 3.59. The highest BCUT2D eigenvalue weighted by atomic mass is 16.6. The summed E-state index contributed by atoms with van der Waals surface area (Å²) in [4.78, 5) is 25.6. The van der Waals surface area contributed by atoms with Crippen molar-refractivity contribution in [3.63, 3.8) is 0 Å². The van der Waals surface area contributed by atoms with Crippen molar-refractivity contribution in [2.75, 3.05) is 0 Å². The Bertz CT molecular complexity index is 1180. The molecule has 1 N–H and O–H groups in total. The first-order valence-corrected chi connectivity index (χ1v) is 11.0. The third-order valence-electron chi connectivity index (χ3n) is 5.73. The third kappa shape index (κ3) is 4.93. The first-order valence-electron chi connectivity index (χ1n) is 11.0. The van der Waals surface area contributed by atoms with Crippen molar-refractivity contribution < 1.29 is 14.3 Å². The molecule has 2 aromatic carbocycles. The van der Waals surface area contributed by atoms with Crippen molar-refractivity contribution in [2.24, 2.45) is 5.41 Å². The quantitative estimate of drug-likeness (QED) is 0.504. The second kappa shape index (κ2) is 8.30. The summed E-state index contributed by atoms with van der Waals surface area (Å²) in [6, 6.07) is 18.0. The van der Waals surface area contributed by atoms with Crippen LogP contribution in [-0.2, 0) is 16.1 Å². The van der Waals surface area contributed by atoms with Gasteiger partial charge >= 0.3 is 6.09 Å². The van der Waals surface area contributed by atoms with Crippen LogP contribution in [0.15, 0.2) is 54.6 Å². The van der Waals surface area contributed by atoms with Gasteiger partial charge in [0, 0.05) is 16.5 Å². The van der Waals surface area contributed by atoms with Crippen molar-refractivity contribution in [1.82, 2.24) is 9.88 Å². The van der Waals surface area contributed by atoms with Gasteiger partial charge in [0.1, 0.15) is 5.60 Å². The van der Waals surface area contributed by atoms with Crippen molar-refractivity contribution in [3.8, 4) is 0 Å². The van der Waals surface area contributed by atoms with E-state index in [1.807, 2.05) is 94.4 Å². The molecule has 3 aromatic rings. The molecule has 0 saturated heterocycles. The van der Waals surface area contributed by atoms with E-state index in [9.17, 15) is 9.59 Å². The van der Waals surface area contributed by atoms with Gasteiger partial charge in [-0.3, -0.25) is 4.79 Å². The number of benzene rings is 2. The van der Waals surface area contributed by atoms with Crippen LogP contribution in [0.25, 0.3) is 23.1 Å². The number of aromatic nitrogens is 1. The molecule has 0 radical (unpaired) electrons. The number of amides is 1. The van der Waals surface area contributed by atoms with Crippen LogP contribution in [-0.4, -0.2) is 22.2 Å². The van der Waals surface area contributed by atoms with E-state index < -0.39 is 11.7 Å². The molecule has 1 saturated carbocycles. The highest BCUT2D eigenvalue weighted by Gasteiger charge is 2.44. The second-order valence-corrected chi connectivity index (χ2v) is 9.76. The largest absolute Gasteiger partial charge is 0.443 e. The highest BCUT2D eigenvalue weighted by Crippen LogP contribution is 2.45. The predicted octanol–water partition coefficient (Wildman–Crippen LogP) is 6.01. The molecule has 1 heterocycles. The number of nitrogens with one attached hydrogen (secondary N) is 1. The Morgan fingerprint density at radius 1 is 1.03 bits per heavy atom. The molecule has 0 spiro atoms. The Morgan fingerprint density at radius 3 is 2.38 bits per heavy atom. The maximum absolute atomic E-state index is 13.1. The number of rotatable bonds is 5. The summed E-state index contributed by atoms with van der Waals surface area (Å²) in [5.41, 5.74) is 2.66. The minimum atomic E-state index is -0.624. The molecule has 0 aliphatic heterocycles. The molecule has 1 aliphatic rings. The van der Waals surface area contributed by atoms with E-state index in [1.54, 1.807) is 4.57 Å². The molecule has 1 fully saturated rings. The molecule has 0 unspecified atom stereocenters. The van der Waals surface area contributed by atoms with E-state index in [1.165, 1.54) is 0 Å². The number of fused-ring (bicyclic) bond motifs is 1. The molecule has 0 atom stereocenters. The van der Waals surface area contributed by atoms with Crippen LogP contribution in [0.4, 0.5) is 4.79 Å². The molecular formula is C27H30N2O3. The lowest BCUT2D eigenvalue weighted by molar-refractivity contribution is -0.125. The molecule has 5 nitrogen and oxygen atoms in total. The van der Waals surface area contributed by atoms with E-state index in [2.05, 4.69) is 5.32 Å². The van der Waals surface area contributed by atoms with E-state index in [0.717, 1.165) is 34.9 Å². The number of ether oxygens (including phenoxy) is 1. The average molecular weight is 431 g/mol. The summed E-state index contributed by atoms with van der Waals surface area (Å²) < 4.78 is 7.26. The van der Waals surface area contributed by atoms with Gasteiger partial charge in [-0.05, 0) is 56.9 Å². The van der Waals surface area contributed by atoms with Gasteiger partial charge in [-0.15, -0.1) is 0 Å². The normalized spacial score (nSPS) is 15.1. The van der Waals surface area contributed by atoms with Crippen LogP contribution in [0.2, 0.25) is 0 Å². The predicted molar refractivity (Wildman–Crippen MR) is 128 cm³/mol. The molecule has 1 aliphatic carbocycles. The number of hydrogen-bond acceptors (Lipinski definition) is 3. The van der Waals surface area contributed by atoms with E-state index in [-0.39, 0.29) is 17.9 Å². The van der Waals surface area contributed by atoms with Crippen molar-refractivity contribution in [1.29, 1.82) is 0 Å². The standard InChI is InChI=1S/C27H30N2O3/c1-26(2,3)32-25(31)29-22(18-28-24(30)27(4)14-15-27)17-21-13-12-20(16-23(21)29)11-10-19-8-6-5-7-9-19/h5-13,16-17H,14-15,18H2,1-4H3,(H,28,30)/b11-10+. The summed E-state index contributed by atoms with van der Waals surface area (Å²) in [5.74, 6) is 0.0324. The maximum atomic E-state index is 13.1. The maximum Gasteiger partial charge on any atom is 0.419 e. The van der Waals surface area contributed by atoms with Gasteiger partial charge in [0.25, 0.3) is 0 Å². The Hall–Kier alpha value is -3.34. The first-order chi connectivity index (χ1) is 15.1. The molecule has 4 rings (SSSR count). The molecular weight excluding hydrogens is 400 g/mol. The molecule has 32 heavy (non-hydrogen) atoms. The van der Waals surface area contributed by atoms with Crippen LogP contribution in [0, 0.1) is 5.41 Å². The highest BCUT2D eigenvalue weighted by molar-refractivity contribution is 5.93. The van der Waals surface area contributed by atoms with Crippen molar-refractivity contribution in [3.05, 3.63) is 71.4 Å². The lowest BCUT2D eigenvalue weighted by Crippen LogP contribution is -2.32. The fraction of sp³-hybridized carbons (Fsp3) is 0.333. The molecule has 166 valence electrons. The summed E-state index contributed by atoms with van der Waals surface area (Å²) in [5, 5.41) is 3.93. The summed E-state index contributed by atoms with van der Waals surface area (Å²) in [6.45, 7) is 7.79. The molecule has 1 amide bonds. The van der Waals surface area contributed by atoms with E-state index >= 15 is 0 Å². The van der Waals surface area contributed by atoms with Gasteiger partial charge in [-0.1, -0.05) is 61.5 Å². The summed E-state index contributed by atoms with van der Waals surface area (Å²) >= 11 is 0. The number of nitrogens with zero attached hydrogens (tertiary/aromatic N) is 1. The van der Waals surface area contributed by atoms with Crippen LogP contribution in [0.3, 0.4) is 0 Å². The van der Waals surface area contributed by atoms with Gasteiger partial charge in [0.05, 0.1) is 12.1 Å². The minimum Gasteiger partial charge on any atom is -0.443 e. The molecule has 1 aromatic heterocycles. The Balaban J connectivity index is 1.68. The van der Waals surface area contributed by atoms with Crippen LogP contribution >= 0.6 is 0 Å². The third-order valence-corrected chi connectivity index (χ3v) is 5.73.